The summed E-state index contributed by atoms with van der Waals surface area (Å²) in [6.07, 6.45) is 1.79. The van der Waals surface area contributed by atoms with Gasteiger partial charge in [0, 0.05) is 30.1 Å². The summed E-state index contributed by atoms with van der Waals surface area (Å²) in [6, 6.07) is 9.40. The van der Waals surface area contributed by atoms with Crippen LogP contribution >= 0.6 is 34.8 Å². The summed E-state index contributed by atoms with van der Waals surface area (Å²) < 4.78 is 26.4. The Balaban J connectivity index is 2.30. The maximum Gasteiger partial charge on any atom is 0.243 e. The maximum absolute atomic E-state index is 13.6. The summed E-state index contributed by atoms with van der Waals surface area (Å²) >= 11 is 18.4. The average Bonchev–Trinajstić information content (AvgIpc) is 2.78. The van der Waals surface area contributed by atoms with E-state index < -0.39 is 21.6 Å². The highest BCUT2D eigenvalue weighted by Crippen LogP contribution is 2.27. The van der Waals surface area contributed by atoms with Crippen molar-refractivity contribution in [3.63, 3.8) is 0 Å². The molecule has 1 atom stereocenters. The molecule has 2 aromatic carbocycles. The third-order valence-corrected chi connectivity index (χ3v) is 7.97. The number of benzene rings is 2. The lowest BCUT2D eigenvalue weighted by Gasteiger charge is -2.33. The summed E-state index contributed by atoms with van der Waals surface area (Å²) in [7, 11) is -3.63. The molecular formula is C27H36Cl3N3O4S. The van der Waals surface area contributed by atoms with Gasteiger partial charge in [-0.2, -0.15) is 0 Å². The molecule has 2 amide bonds. The van der Waals surface area contributed by atoms with Crippen molar-refractivity contribution >= 4 is 62.3 Å². The van der Waals surface area contributed by atoms with Gasteiger partial charge in [-0.3, -0.25) is 13.9 Å². The molecule has 0 spiro atoms. The van der Waals surface area contributed by atoms with Gasteiger partial charge in [0.2, 0.25) is 21.8 Å². The molecule has 2 aromatic rings. The van der Waals surface area contributed by atoms with Crippen molar-refractivity contribution in [2.24, 2.45) is 0 Å². The molecule has 210 valence electrons. The average molecular weight is 605 g/mol. The van der Waals surface area contributed by atoms with Gasteiger partial charge in [-0.15, -0.1) is 0 Å². The number of aryl methyl sites for hydroxylation is 1. The van der Waals surface area contributed by atoms with Crippen LogP contribution in [0.15, 0.2) is 36.4 Å². The number of halogens is 3. The van der Waals surface area contributed by atoms with Crippen LogP contribution in [-0.4, -0.2) is 49.5 Å². The quantitative estimate of drug-likeness (QED) is 0.330. The summed E-state index contributed by atoms with van der Waals surface area (Å²) in [5.41, 5.74) is 1.46. The van der Waals surface area contributed by atoms with E-state index in [1.807, 2.05) is 27.7 Å². The predicted molar refractivity (Wildman–Crippen MR) is 157 cm³/mol. The van der Waals surface area contributed by atoms with Gasteiger partial charge in [-0.1, -0.05) is 53.9 Å². The van der Waals surface area contributed by atoms with Gasteiger partial charge in [-0.25, -0.2) is 8.42 Å². The molecule has 0 aromatic heterocycles. The van der Waals surface area contributed by atoms with E-state index >= 15 is 0 Å². The fraction of sp³-hybridized carbons (Fsp3) is 0.481. The number of rotatable bonds is 11. The Kier molecular flexibility index (Phi) is 11.3. The monoisotopic (exact) mass is 603 g/mol. The van der Waals surface area contributed by atoms with E-state index in [9.17, 15) is 18.0 Å². The number of sulfonamides is 1. The summed E-state index contributed by atoms with van der Waals surface area (Å²) in [5, 5.41) is 4.12. The standard InChI is InChI=1S/C27H36Cl3N3O4S/c1-7-23(26(35)31-27(3,4)5)32(17-19-11-13-21(29)22(30)15-19)25(34)9-8-14-33(38(6,36)37)24-16-20(28)12-10-18(24)2/h10-13,15-16,23H,7-9,14,17H2,1-6H3,(H,31,35)/t23-/m0/s1. The van der Waals surface area contributed by atoms with Crippen LogP contribution in [0, 0.1) is 6.92 Å². The Labute approximate surface area is 241 Å². The van der Waals surface area contributed by atoms with Crippen LogP contribution < -0.4 is 9.62 Å². The maximum atomic E-state index is 13.6. The fourth-order valence-electron chi connectivity index (χ4n) is 4.04. The highest BCUT2D eigenvalue weighted by atomic mass is 35.5. The van der Waals surface area contributed by atoms with Crippen molar-refractivity contribution in [2.45, 2.75) is 72.0 Å². The Bertz CT molecular complexity index is 1260. The Hall–Kier alpha value is -2.00. The number of anilines is 1. The van der Waals surface area contributed by atoms with Crippen LogP contribution in [0.3, 0.4) is 0 Å². The number of carbonyl (C=O) groups excluding carboxylic acids is 2. The number of hydrogen-bond acceptors (Lipinski definition) is 4. The normalized spacial score (nSPS) is 12.7. The molecule has 38 heavy (non-hydrogen) atoms. The summed E-state index contributed by atoms with van der Waals surface area (Å²) in [4.78, 5) is 28.2. The first-order valence-corrected chi connectivity index (χ1v) is 15.3. The van der Waals surface area contributed by atoms with Crippen molar-refractivity contribution in [2.75, 3.05) is 17.1 Å². The van der Waals surface area contributed by atoms with E-state index in [2.05, 4.69) is 5.32 Å². The minimum Gasteiger partial charge on any atom is -0.350 e. The summed E-state index contributed by atoms with van der Waals surface area (Å²) in [6.45, 7) is 9.50. The molecule has 7 nitrogen and oxygen atoms in total. The van der Waals surface area contributed by atoms with Crippen molar-refractivity contribution in [1.82, 2.24) is 10.2 Å². The lowest BCUT2D eigenvalue weighted by molar-refractivity contribution is -0.142. The van der Waals surface area contributed by atoms with Gasteiger partial charge in [0.1, 0.15) is 6.04 Å². The molecule has 0 heterocycles. The first kappa shape index (κ1) is 32.2. The third-order valence-electron chi connectivity index (χ3n) is 5.81. The van der Waals surface area contributed by atoms with E-state index in [1.54, 1.807) is 43.3 Å². The largest absolute Gasteiger partial charge is 0.350 e. The topological polar surface area (TPSA) is 86.8 Å². The van der Waals surface area contributed by atoms with Gasteiger partial charge in [0.15, 0.2) is 0 Å². The van der Waals surface area contributed by atoms with Gasteiger partial charge < -0.3 is 10.2 Å². The molecule has 0 unspecified atom stereocenters. The van der Waals surface area contributed by atoms with Crippen LogP contribution in [0.25, 0.3) is 0 Å². The molecular weight excluding hydrogens is 569 g/mol. The predicted octanol–water partition coefficient (Wildman–Crippen LogP) is 6.22. The second-order valence-corrected chi connectivity index (χ2v) is 13.5. The minimum atomic E-state index is -3.63. The smallest absolute Gasteiger partial charge is 0.243 e. The zero-order chi connectivity index (χ0) is 28.8. The molecule has 0 aliphatic rings. The van der Waals surface area contributed by atoms with Crippen LogP contribution in [0.5, 0.6) is 0 Å². The first-order valence-electron chi connectivity index (χ1n) is 12.3. The van der Waals surface area contributed by atoms with E-state index in [1.165, 1.54) is 9.21 Å². The van der Waals surface area contributed by atoms with Crippen molar-refractivity contribution < 1.29 is 18.0 Å². The van der Waals surface area contributed by atoms with Crippen LogP contribution in [0.4, 0.5) is 5.69 Å². The molecule has 1 N–H and O–H groups in total. The van der Waals surface area contributed by atoms with Crippen LogP contribution in [-0.2, 0) is 26.2 Å². The van der Waals surface area contributed by atoms with E-state index in [-0.39, 0.29) is 37.7 Å². The van der Waals surface area contributed by atoms with Gasteiger partial charge in [-0.05, 0) is 75.9 Å². The number of nitrogens with one attached hydrogen (secondary N) is 1. The zero-order valence-corrected chi connectivity index (χ0v) is 25.7. The van der Waals surface area contributed by atoms with Gasteiger partial charge in [0.05, 0.1) is 22.0 Å². The molecule has 0 aliphatic heterocycles. The Morgan fingerprint density at radius 2 is 1.68 bits per heavy atom. The molecule has 0 radical (unpaired) electrons. The number of amides is 2. The van der Waals surface area contributed by atoms with Crippen molar-refractivity contribution in [1.29, 1.82) is 0 Å². The highest BCUT2D eigenvalue weighted by Gasteiger charge is 2.31. The number of hydrogen-bond donors (Lipinski definition) is 1. The highest BCUT2D eigenvalue weighted by molar-refractivity contribution is 7.92. The molecule has 11 heteroatoms. The number of nitrogens with zero attached hydrogens (tertiary/aromatic N) is 2. The molecule has 0 fully saturated rings. The molecule has 2 rings (SSSR count). The fourth-order valence-corrected chi connectivity index (χ4v) is 5.54. The first-order chi connectivity index (χ1) is 17.5. The van der Waals surface area contributed by atoms with Gasteiger partial charge >= 0.3 is 0 Å². The second kappa shape index (κ2) is 13.4. The van der Waals surface area contributed by atoms with Crippen molar-refractivity contribution in [3.8, 4) is 0 Å². The van der Waals surface area contributed by atoms with Crippen molar-refractivity contribution in [3.05, 3.63) is 62.6 Å². The summed E-state index contributed by atoms with van der Waals surface area (Å²) in [5.74, 6) is -0.538. The lowest BCUT2D eigenvalue weighted by atomic mass is 10.0. The Morgan fingerprint density at radius 3 is 2.24 bits per heavy atom. The SMILES string of the molecule is CC[C@@H](C(=O)NC(C)(C)C)N(Cc1ccc(Cl)c(Cl)c1)C(=O)CCCN(c1cc(Cl)ccc1C)S(C)(=O)=O. The van der Waals surface area contributed by atoms with E-state index in [0.29, 0.717) is 27.2 Å². The lowest BCUT2D eigenvalue weighted by Crippen LogP contribution is -2.53. The van der Waals surface area contributed by atoms with E-state index in [0.717, 1.165) is 17.4 Å². The van der Waals surface area contributed by atoms with Crippen LogP contribution in [0.1, 0.15) is 58.1 Å². The second-order valence-electron chi connectivity index (χ2n) is 10.3. The van der Waals surface area contributed by atoms with Crippen LogP contribution in [0.2, 0.25) is 15.1 Å². The number of carbonyl (C=O) groups is 2. The third kappa shape index (κ3) is 9.33. The minimum absolute atomic E-state index is 0.0340. The molecule has 0 aliphatic carbocycles. The Morgan fingerprint density at radius 1 is 1.03 bits per heavy atom. The molecule has 0 saturated heterocycles. The van der Waals surface area contributed by atoms with E-state index in [4.69, 9.17) is 34.8 Å². The zero-order valence-electron chi connectivity index (χ0n) is 22.6. The van der Waals surface area contributed by atoms with Gasteiger partial charge in [0.25, 0.3) is 0 Å². The molecule has 0 bridgehead atoms. The molecule has 0 saturated carbocycles.